The Morgan fingerprint density at radius 3 is 2.50 bits per heavy atom. The Bertz CT molecular complexity index is 448. The molecule has 3 heteroatoms. The molecule has 0 radical (unpaired) electrons. The lowest BCUT2D eigenvalue weighted by molar-refractivity contribution is 0.0309. The van der Waals surface area contributed by atoms with Gasteiger partial charge in [0.2, 0.25) is 0 Å². The standard InChI is InChI=1S/C15H22N2O/c1-11(2)18-17-14(16-4)15(9-10-15)13-8-6-5-7-12(13)3/h5-8,11H,9-10H2,1-4H3,(H,16,17). The van der Waals surface area contributed by atoms with E-state index >= 15 is 0 Å². The maximum atomic E-state index is 5.50. The second kappa shape index (κ2) is 5.11. The van der Waals surface area contributed by atoms with Crippen molar-refractivity contribution in [2.24, 2.45) is 4.99 Å². The summed E-state index contributed by atoms with van der Waals surface area (Å²) in [5.41, 5.74) is 5.79. The van der Waals surface area contributed by atoms with Gasteiger partial charge in [-0.15, -0.1) is 0 Å². The van der Waals surface area contributed by atoms with Gasteiger partial charge in [-0.3, -0.25) is 15.3 Å². The average molecular weight is 246 g/mol. The number of amidine groups is 1. The number of benzene rings is 1. The second-order valence-corrected chi connectivity index (χ2v) is 5.24. The molecule has 1 saturated carbocycles. The van der Waals surface area contributed by atoms with E-state index in [0.717, 1.165) is 18.7 Å². The summed E-state index contributed by atoms with van der Waals surface area (Å²) >= 11 is 0. The Labute approximate surface area is 109 Å². The summed E-state index contributed by atoms with van der Waals surface area (Å²) in [5, 5.41) is 0. The van der Waals surface area contributed by atoms with Gasteiger partial charge in [0.25, 0.3) is 0 Å². The Balaban J connectivity index is 2.23. The average Bonchev–Trinajstić information content (AvgIpc) is 3.11. The first-order chi connectivity index (χ1) is 8.60. The molecule has 0 heterocycles. The fourth-order valence-electron chi connectivity index (χ4n) is 2.40. The predicted molar refractivity (Wildman–Crippen MR) is 74.8 cm³/mol. The number of rotatable bonds is 4. The van der Waals surface area contributed by atoms with Gasteiger partial charge in [-0.25, -0.2) is 0 Å². The minimum absolute atomic E-state index is 0.0506. The largest absolute Gasteiger partial charge is 0.273 e. The first kappa shape index (κ1) is 13.1. The van der Waals surface area contributed by atoms with Gasteiger partial charge in [0.1, 0.15) is 5.84 Å². The molecule has 1 N–H and O–H groups in total. The van der Waals surface area contributed by atoms with E-state index in [1.807, 2.05) is 20.9 Å². The van der Waals surface area contributed by atoms with Crippen LogP contribution < -0.4 is 5.48 Å². The lowest BCUT2D eigenvalue weighted by Gasteiger charge is -2.22. The molecule has 1 fully saturated rings. The van der Waals surface area contributed by atoms with Gasteiger partial charge in [-0.2, -0.15) is 0 Å². The van der Waals surface area contributed by atoms with Gasteiger partial charge in [-0.1, -0.05) is 24.3 Å². The van der Waals surface area contributed by atoms with E-state index in [0.29, 0.717) is 0 Å². The number of nitrogens with one attached hydrogen (secondary N) is 1. The highest BCUT2D eigenvalue weighted by molar-refractivity contribution is 5.95. The third kappa shape index (κ3) is 2.41. The molecule has 2 rings (SSSR count). The molecule has 0 atom stereocenters. The lowest BCUT2D eigenvalue weighted by Crippen LogP contribution is -2.37. The van der Waals surface area contributed by atoms with Crippen molar-refractivity contribution in [3.8, 4) is 0 Å². The van der Waals surface area contributed by atoms with Crippen molar-refractivity contribution in [1.29, 1.82) is 0 Å². The van der Waals surface area contributed by atoms with Gasteiger partial charge in [0.15, 0.2) is 0 Å². The van der Waals surface area contributed by atoms with Crippen LogP contribution >= 0.6 is 0 Å². The molecule has 0 amide bonds. The maximum Gasteiger partial charge on any atom is 0.131 e. The van der Waals surface area contributed by atoms with E-state index in [-0.39, 0.29) is 11.5 Å². The molecule has 1 aromatic carbocycles. The highest BCUT2D eigenvalue weighted by Gasteiger charge is 2.50. The Morgan fingerprint density at radius 1 is 1.33 bits per heavy atom. The van der Waals surface area contributed by atoms with E-state index in [9.17, 15) is 0 Å². The van der Waals surface area contributed by atoms with Crippen LogP contribution in [-0.4, -0.2) is 19.0 Å². The van der Waals surface area contributed by atoms with Crippen LogP contribution in [0.2, 0.25) is 0 Å². The number of hydrogen-bond acceptors (Lipinski definition) is 2. The zero-order valence-corrected chi connectivity index (χ0v) is 11.7. The minimum Gasteiger partial charge on any atom is -0.273 e. The third-order valence-corrected chi connectivity index (χ3v) is 3.48. The molecular formula is C15H22N2O. The molecule has 0 bridgehead atoms. The molecule has 1 aromatic rings. The van der Waals surface area contributed by atoms with Gasteiger partial charge in [-0.05, 0) is 44.7 Å². The molecular weight excluding hydrogens is 224 g/mol. The summed E-state index contributed by atoms with van der Waals surface area (Å²) < 4.78 is 0. The van der Waals surface area contributed by atoms with E-state index in [4.69, 9.17) is 4.84 Å². The molecule has 0 aliphatic heterocycles. The number of hydroxylamine groups is 1. The van der Waals surface area contributed by atoms with Crippen molar-refractivity contribution < 1.29 is 4.84 Å². The molecule has 3 nitrogen and oxygen atoms in total. The summed E-state index contributed by atoms with van der Waals surface area (Å²) in [4.78, 5) is 9.89. The summed E-state index contributed by atoms with van der Waals surface area (Å²) in [7, 11) is 1.82. The molecule has 1 aliphatic rings. The number of aryl methyl sites for hydroxylation is 1. The zero-order chi connectivity index (χ0) is 13.2. The van der Waals surface area contributed by atoms with Crippen LogP contribution in [0.3, 0.4) is 0 Å². The molecule has 0 aromatic heterocycles. The summed E-state index contributed by atoms with van der Waals surface area (Å²) in [5.74, 6) is 0.950. The Morgan fingerprint density at radius 2 is 2.00 bits per heavy atom. The molecule has 0 unspecified atom stereocenters. The lowest BCUT2D eigenvalue weighted by atomic mass is 9.91. The summed E-state index contributed by atoms with van der Waals surface area (Å²) in [6, 6.07) is 8.53. The van der Waals surface area contributed by atoms with E-state index < -0.39 is 0 Å². The van der Waals surface area contributed by atoms with Crippen LogP contribution in [0.25, 0.3) is 0 Å². The second-order valence-electron chi connectivity index (χ2n) is 5.24. The smallest absolute Gasteiger partial charge is 0.131 e. The third-order valence-electron chi connectivity index (χ3n) is 3.48. The highest BCUT2D eigenvalue weighted by atomic mass is 16.7. The van der Waals surface area contributed by atoms with Crippen LogP contribution in [0.4, 0.5) is 0 Å². The van der Waals surface area contributed by atoms with Crippen molar-refractivity contribution in [1.82, 2.24) is 5.48 Å². The molecule has 1 aliphatic carbocycles. The topological polar surface area (TPSA) is 33.6 Å². The number of aliphatic imine (C=N–C) groups is 1. The van der Waals surface area contributed by atoms with Crippen LogP contribution in [0.5, 0.6) is 0 Å². The molecule has 0 spiro atoms. The Kier molecular flexibility index (Phi) is 3.71. The van der Waals surface area contributed by atoms with Crippen molar-refractivity contribution in [2.45, 2.75) is 45.1 Å². The SMILES string of the molecule is CN=C(NOC(C)C)C1(c2ccccc2C)CC1. The fraction of sp³-hybridized carbons (Fsp3) is 0.533. The fourth-order valence-corrected chi connectivity index (χ4v) is 2.40. The van der Waals surface area contributed by atoms with Gasteiger partial charge < -0.3 is 0 Å². The number of hydrogen-bond donors (Lipinski definition) is 1. The summed E-state index contributed by atoms with van der Waals surface area (Å²) in [6.07, 6.45) is 2.42. The first-order valence-corrected chi connectivity index (χ1v) is 6.55. The van der Waals surface area contributed by atoms with Gasteiger partial charge in [0, 0.05) is 7.05 Å². The van der Waals surface area contributed by atoms with Crippen molar-refractivity contribution >= 4 is 5.84 Å². The Hall–Kier alpha value is -1.35. The van der Waals surface area contributed by atoms with Crippen molar-refractivity contribution in [3.63, 3.8) is 0 Å². The minimum atomic E-state index is 0.0506. The van der Waals surface area contributed by atoms with Crippen molar-refractivity contribution in [3.05, 3.63) is 35.4 Å². The molecule has 0 saturated heterocycles. The normalized spacial score (nSPS) is 17.9. The van der Waals surface area contributed by atoms with Crippen LogP contribution in [0, 0.1) is 6.92 Å². The quantitative estimate of drug-likeness (QED) is 0.503. The number of nitrogens with zero attached hydrogens (tertiary/aromatic N) is 1. The van der Waals surface area contributed by atoms with E-state index in [2.05, 4.69) is 41.7 Å². The molecule has 98 valence electrons. The maximum absolute atomic E-state index is 5.50. The first-order valence-electron chi connectivity index (χ1n) is 6.55. The van der Waals surface area contributed by atoms with Crippen molar-refractivity contribution in [2.75, 3.05) is 7.05 Å². The molecule has 18 heavy (non-hydrogen) atoms. The summed E-state index contributed by atoms with van der Waals surface area (Å²) in [6.45, 7) is 6.17. The van der Waals surface area contributed by atoms with Crippen LogP contribution in [0.1, 0.15) is 37.8 Å². The zero-order valence-electron chi connectivity index (χ0n) is 11.7. The van der Waals surface area contributed by atoms with Crippen LogP contribution in [-0.2, 0) is 10.3 Å². The van der Waals surface area contributed by atoms with Crippen LogP contribution in [0.15, 0.2) is 29.3 Å². The van der Waals surface area contributed by atoms with Gasteiger partial charge in [0.05, 0.1) is 11.5 Å². The predicted octanol–water partition coefficient (Wildman–Crippen LogP) is 2.98. The van der Waals surface area contributed by atoms with E-state index in [1.54, 1.807) is 0 Å². The highest BCUT2D eigenvalue weighted by Crippen LogP contribution is 2.49. The monoisotopic (exact) mass is 246 g/mol. The van der Waals surface area contributed by atoms with E-state index in [1.165, 1.54) is 11.1 Å². The van der Waals surface area contributed by atoms with Gasteiger partial charge >= 0.3 is 0 Å².